The van der Waals surface area contributed by atoms with Crippen LogP contribution in [-0.4, -0.2) is 52.8 Å². The molecule has 2 aliphatic heterocycles. The first-order valence-corrected chi connectivity index (χ1v) is 9.85. The van der Waals surface area contributed by atoms with E-state index < -0.39 is 0 Å². The molecule has 1 aromatic heterocycles. The van der Waals surface area contributed by atoms with Crippen LogP contribution in [0.4, 0.5) is 0 Å². The van der Waals surface area contributed by atoms with Crippen molar-refractivity contribution in [3.63, 3.8) is 0 Å². The summed E-state index contributed by atoms with van der Waals surface area (Å²) in [4.78, 5) is 34.4. The Morgan fingerprint density at radius 1 is 1.21 bits per heavy atom. The van der Waals surface area contributed by atoms with E-state index in [2.05, 4.69) is 11.9 Å². The fraction of sp³-hybridized carbons (Fsp3) is 0.722. The van der Waals surface area contributed by atoms with E-state index in [1.807, 2.05) is 11.8 Å². The van der Waals surface area contributed by atoms with Gasteiger partial charge in [-0.15, -0.1) is 11.3 Å². The molecule has 0 spiro atoms. The molecule has 3 rings (SSSR count). The minimum atomic E-state index is 0.0972. The van der Waals surface area contributed by atoms with Crippen LogP contribution in [0, 0.1) is 13.8 Å². The van der Waals surface area contributed by atoms with E-state index in [1.165, 1.54) is 4.88 Å². The van der Waals surface area contributed by atoms with Crippen LogP contribution in [0.2, 0.25) is 0 Å². The second-order valence-electron chi connectivity index (χ2n) is 7.00. The van der Waals surface area contributed by atoms with Crippen molar-refractivity contribution in [1.29, 1.82) is 0 Å². The second kappa shape index (κ2) is 7.64. The minimum absolute atomic E-state index is 0.0972. The third-order valence-corrected chi connectivity index (χ3v) is 6.40. The first-order chi connectivity index (χ1) is 11.5. The molecule has 0 saturated carbocycles. The molecule has 1 aromatic rings. The van der Waals surface area contributed by atoms with Crippen LogP contribution in [0.25, 0.3) is 0 Å². The monoisotopic (exact) mass is 349 g/mol. The van der Waals surface area contributed by atoms with Gasteiger partial charge >= 0.3 is 0 Å². The molecule has 2 amide bonds. The van der Waals surface area contributed by atoms with Gasteiger partial charge in [0.05, 0.1) is 17.2 Å². The number of aromatic nitrogens is 1. The molecular weight excluding hydrogens is 322 g/mol. The fourth-order valence-electron chi connectivity index (χ4n) is 3.55. The lowest BCUT2D eigenvalue weighted by Gasteiger charge is -2.33. The van der Waals surface area contributed by atoms with Crippen molar-refractivity contribution in [3.05, 3.63) is 15.6 Å². The Morgan fingerprint density at radius 2 is 2.04 bits per heavy atom. The molecule has 0 aromatic carbocycles. The van der Waals surface area contributed by atoms with Crippen LogP contribution in [0.1, 0.15) is 60.0 Å². The third kappa shape index (κ3) is 3.97. The van der Waals surface area contributed by atoms with Crippen molar-refractivity contribution in [1.82, 2.24) is 14.8 Å². The minimum Gasteiger partial charge on any atom is -0.340 e. The van der Waals surface area contributed by atoms with Crippen molar-refractivity contribution in [2.45, 2.75) is 58.3 Å². The maximum atomic E-state index is 12.7. The van der Waals surface area contributed by atoms with Crippen LogP contribution in [0.15, 0.2) is 0 Å². The van der Waals surface area contributed by atoms with Gasteiger partial charge in [0.25, 0.3) is 0 Å². The number of carbonyl (C=O) groups excluding carboxylic acids is 2. The normalized spacial score (nSPS) is 22.6. The van der Waals surface area contributed by atoms with Gasteiger partial charge < -0.3 is 9.80 Å². The summed E-state index contributed by atoms with van der Waals surface area (Å²) in [5, 5.41) is 1.16. The van der Waals surface area contributed by atoms with E-state index in [1.54, 1.807) is 16.2 Å². The highest BCUT2D eigenvalue weighted by Gasteiger charge is 2.29. The molecule has 0 N–H and O–H groups in total. The predicted octanol–water partition coefficient (Wildman–Crippen LogP) is 2.87. The number of nitrogens with zero attached hydrogens (tertiary/aromatic N) is 3. The molecule has 0 unspecified atom stereocenters. The van der Waals surface area contributed by atoms with Crippen LogP contribution in [-0.2, 0) is 9.59 Å². The van der Waals surface area contributed by atoms with Gasteiger partial charge in [0.2, 0.25) is 11.8 Å². The number of thiazole rings is 1. The Hall–Kier alpha value is -1.43. The first kappa shape index (κ1) is 17.4. The molecule has 1 atom stereocenters. The number of hydrogen-bond acceptors (Lipinski definition) is 4. The molecule has 24 heavy (non-hydrogen) atoms. The molecular formula is C18H27N3O2S. The van der Waals surface area contributed by atoms with Crippen LogP contribution >= 0.6 is 11.3 Å². The van der Waals surface area contributed by atoms with E-state index in [-0.39, 0.29) is 18.4 Å². The third-order valence-electron chi connectivity index (χ3n) is 5.17. The fourth-order valence-corrected chi connectivity index (χ4v) is 4.60. The molecule has 3 heterocycles. The lowest BCUT2D eigenvalue weighted by Crippen LogP contribution is -2.46. The van der Waals surface area contributed by atoms with Gasteiger partial charge in [-0.05, 0) is 39.5 Å². The Labute approximate surface area is 148 Å². The molecule has 2 fully saturated rings. The van der Waals surface area contributed by atoms with Crippen LogP contribution in [0.3, 0.4) is 0 Å². The van der Waals surface area contributed by atoms with Crippen molar-refractivity contribution in [2.75, 3.05) is 26.2 Å². The zero-order valence-electron chi connectivity index (χ0n) is 14.7. The standard InChI is InChI=1S/C18H27N3O2S/c1-13-14(2)24-18(19-13)15-7-6-10-20(11-15)17(23)12-21-9-5-3-4-8-16(21)22/h15H,3-12H2,1-2H3/t15-/m1/s1. The number of aryl methyl sites for hydroxylation is 2. The van der Waals surface area contributed by atoms with Gasteiger partial charge in [-0.3, -0.25) is 9.59 Å². The molecule has 2 saturated heterocycles. The average molecular weight is 350 g/mol. The zero-order valence-corrected chi connectivity index (χ0v) is 15.5. The van der Waals surface area contributed by atoms with Crippen molar-refractivity contribution >= 4 is 23.2 Å². The number of piperidine rings is 1. The van der Waals surface area contributed by atoms with Gasteiger partial charge in [0.15, 0.2) is 0 Å². The maximum Gasteiger partial charge on any atom is 0.242 e. The summed E-state index contributed by atoms with van der Waals surface area (Å²) in [7, 11) is 0. The smallest absolute Gasteiger partial charge is 0.242 e. The molecule has 0 radical (unpaired) electrons. The van der Waals surface area contributed by atoms with Gasteiger partial charge in [-0.25, -0.2) is 4.98 Å². The van der Waals surface area contributed by atoms with E-state index in [9.17, 15) is 9.59 Å². The highest BCUT2D eigenvalue weighted by Crippen LogP contribution is 2.31. The van der Waals surface area contributed by atoms with Crippen LogP contribution < -0.4 is 0 Å². The largest absolute Gasteiger partial charge is 0.340 e. The Morgan fingerprint density at radius 3 is 2.79 bits per heavy atom. The summed E-state index contributed by atoms with van der Waals surface area (Å²) in [6.07, 6.45) is 5.76. The molecule has 6 heteroatoms. The van der Waals surface area contributed by atoms with E-state index in [0.717, 1.165) is 62.4 Å². The molecule has 0 bridgehead atoms. The van der Waals surface area contributed by atoms with Crippen molar-refractivity contribution in [3.8, 4) is 0 Å². The van der Waals surface area contributed by atoms with E-state index in [0.29, 0.717) is 12.3 Å². The first-order valence-electron chi connectivity index (χ1n) is 9.04. The Kier molecular flexibility index (Phi) is 5.54. The quantitative estimate of drug-likeness (QED) is 0.843. The Balaban J connectivity index is 1.61. The highest BCUT2D eigenvalue weighted by atomic mass is 32.1. The van der Waals surface area contributed by atoms with E-state index >= 15 is 0 Å². The summed E-state index contributed by atoms with van der Waals surface area (Å²) in [5.74, 6) is 0.584. The Bertz CT molecular complexity index is 594. The summed E-state index contributed by atoms with van der Waals surface area (Å²) in [6, 6.07) is 0. The van der Waals surface area contributed by atoms with Gasteiger partial charge in [0, 0.05) is 36.9 Å². The molecule has 132 valence electrons. The van der Waals surface area contributed by atoms with E-state index in [4.69, 9.17) is 0 Å². The lowest BCUT2D eigenvalue weighted by molar-refractivity contribution is -0.140. The second-order valence-corrected chi connectivity index (χ2v) is 8.23. The number of hydrogen-bond donors (Lipinski definition) is 0. The van der Waals surface area contributed by atoms with Gasteiger partial charge in [0.1, 0.15) is 0 Å². The topological polar surface area (TPSA) is 53.5 Å². The SMILES string of the molecule is Cc1nc([C@@H]2CCCN(C(=O)CN3CCCCCC3=O)C2)sc1C. The summed E-state index contributed by atoms with van der Waals surface area (Å²) in [6.45, 7) is 6.68. The summed E-state index contributed by atoms with van der Waals surface area (Å²) < 4.78 is 0. The van der Waals surface area contributed by atoms with Gasteiger partial charge in [-0.1, -0.05) is 6.42 Å². The average Bonchev–Trinajstić information content (AvgIpc) is 2.78. The highest BCUT2D eigenvalue weighted by molar-refractivity contribution is 7.11. The summed E-state index contributed by atoms with van der Waals surface area (Å²) in [5.41, 5.74) is 1.11. The molecule has 2 aliphatic rings. The number of likely N-dealkylation sites (tertiary alicyclic amines) is 2. The molecule has 5 nitrogen and oxygen atoms in total. The molecule has 0 aliphatic carbocycles. The number of rotatable bonds is 3. The van der Waals surface area contributed by atoms with Crippen molar-refractivity contribution in [2.24, 2.45) is 0 Å². The van der Waals surface area contributed by atoms with Crippen molar-refractivity contribution < 1.29 is 9.59 Å². The lowest BCUT2D eigenvalue weighted by atomic mass is 9.98. The number of amides is 2. The summed E-state index contributed by atoms with van der Waals surface area (Å²) >= 11 is 1.76. The predicted molar refractivity (Wildman–Crippen MR) is 95.2 cm³/mol. The van der Waals surface area contributed by atoms with Crippen LogP contribution in [0.5, 0.6) is 0 Å². The maximum absolute atomic E-state index is 12.7. The zero-order chi connectivity index (χ0) is 17.1. The van der Waals surface area contributed by atoms with Gasteiger partial charge in [-0.2, -0.15) is 0 Å². The number of carbonyl (C=O) groups is 2.